The summed E-state index contributed by atoms with van der Waals surface area (Å²) in [5.41, 5.74) is 3.78. The summed E-state index contributed by atoms with van der Waals surface area (Å²) in [6.45, 7) is 3.73. The molecule has 0 unspecified atom stereocenters. The summed E-state index contributed by atoms with van der Waals surface area (Å²) in [5, 5.41) is 1.16. The lowest BCUT2D eigenvalue weighted by molar-refractivity contribution is 1.66. The van der Waals surface area contributed by atoms with Crippen molar-refractivity contribution in [2.45, 2.75) is 0 Å². The van der Waals surface area contributed by atoms with E-state index < -0.39 is 9.52 Å². The van der Waals surface area contributed by atoms with Gasteiger partial charge >= 0.3 is 0 Å². The van der Waals surface area contributed by atoms with Crippen molar-refractivity contribution in [2.24, 2.45) is 0 Å². The zero-order valence-electron chi connectivity index (χ0n) is 7.38. The molecule has 1 aromatic carbocycles. The van der Waals surface area contributed by atoms with Gasteiger partial charge in [-0.3, -0.25) is 0 Å². The van der Waals surface area contributed by atoms with Crippen LogP contribution in [0.15, 0.2) is 30.5 Å². The van der Waals surface area contributed by atoms with Gasteiger partial charge < -0.3 is 0 Å². The maximum absolute atomic E-state index is 5.37. The smallest absolute Gasteiger partial charge is 0.0808 e. The van der Waals surface area contributed by atoms with Crippen LogP contribution in [-0.4, -0.2) is 9.52 Å². The van der Waals surface area contributed by atoms with E-state index in [-0.39, 0.29) is 0 Å². The minimum Gasteiger partial charge on any atom is -0.115 e. The van der Waals surface area contributed by atoms with Crippen molar-refractivity contribution < 1.29 is 0 Å². The maximum Gasteiger partial charge on any atom is 0.0808 e. The lowest BCUT2D eigenvalue weighted by Crippen LogP contribution is -2.19. The molecule has 0 N–H and O–H groups in total. The average Bonchev–Trinajstić information content (AvgIpc) is 2.18. The first-order chi connectivity index (χ1) is 6.33. The molecular formula is C12H10Si. The molecule has 0 aliphatic rings. The molecule has 0 nitrogen and oxygen atoms in total. The summed E-state index contributed by atoms with van der Waals surface area (Å²) >= 11 is 0. The Hall–Kier alpha value is -1.70. The molecule has 0 bridgehead atoms. The second-order valence-corrected chi connectivity index (χ2v) is 4.31. The number of hydrogen-bond donors (Lipinski definition) is 0. The van der Waals surface area contributed by atoms with E-state index in [4.69, 9.17) is 12.8 Å². The molecule has 0 saturated carbocycles. The first kappa shape index (κ1) is 9.39. The standard InChI is InChI=1S/C12H10Si/c1-4-10-8-7-9-11(5-2)12(10)13-6-3/h1-2,6-9H,3,13H2. The molecule has 1 rings (SSSR count). The Bertz CT molecular complexity index is 370. The Morgan fingerprint density at radius 2 is 1.77 bits per heavy atom. The zero-order chi connectivity index (χ0) is 9.68. The lowest BCUT2D eigenvalue weighted by Gasteiger charge is -2.03. The van der Waals surface area contributed by atoms with E-state index in [1.807, 2.05) is 23.9 Å². The van der Waals surface area contributed by atoms with Gasteiger partial charge in [0.25, 0.3) is 0 Å². The van der Waals surface area contributed by atoms with Crippen molar-refractivity contribution in [3.05, 3.63) is 41.6 Å². The maximum atomic E-state index is 5.37. The molecule has 1 heteroatoms. The SMILES string of the molecule is C#Cc1cccc(C#C)c1[SiH2]C=C. The van der Waals surface area contributed by atoms with E-state index in [2.05, 4.69) is 18.4 Å². The summed E-state index contributed by atoms with van der Waals surface area (Å²) in [7, 11) is -0.502. The van der Waals surface area contributed by atoms with Crippen LogP contribution in [0.4, 0.5) is 0 Å². The normalized spacial score (nSPS) is 9.38. The third kappa shape index (κ3) is 1.90. The number of rotatable bonds is 2. The highest BCUT2D eigenvalue weighted by atomic mass is 28.2. The second-order valence-electron chi connectivity index (χ2n) is 2.61. The van der Waals surface area contributed by atoms with Gasteiger partial charge in [0.2, 0.25) is 0 Å². The van der Waals surface area contributed by atoms with Crippen LogP contribution in [0.2, 0.25) is 0 Å². The van der Waals surface area contributed by atoms with Gasteiger partial charge in [0.15, 0.2) is 0 Å². The van der Waals surface area contributed by atoms with Crippen LogP contribution < -0.4 is 5.19 Å². The van der Waals surface area contributed by atoms with Crippen molar-refractivity contribution in [3.63, 3.8) is 0 Å². The topological polar surface area (TPSA) is 0 Å². The molecule has 13 heavy (non-hydrogen) atoms. The Morgan fingerprint density at radius 3 is 2.15 bits per heavy atom. The molecule has 0 fully saturated rings. The predicted molar refractivity (Wildman–Crippen MR) is 60.7 cm³/mol. The van der Waals surface area contributed by atoms with Crippen LogP contribution in [-0.2, 0) is 0 Å². The van der Waals surface area contributed by atoms with Crippen LogP contribution in [0, 0.1) is 24.7 Å². The highest BCUT2D eigenvalue weighted by Crippen LogP contribution is 1.99. The first-order valence-corrected chi connectivity index (χ1v) is 5.52. The molecule has 62 valence electrons. The highest BCUT2D eigenvalue weighted by molar-refractivity contribution is 6.60. The second kappa shape index (κ2) is 4.35. The van der Waals surface area contributed by atoms with Crippen molar-refractivity contribution in [1.82, 2.24) is 0 Å². The van der Waals surface area contributed by atoms with Crippen LogP contribution >= 0.6 is 0 Å². The predicted octanol–water partition coefficient (Wildman–Crippen LogP) is 0.587. The van der Waals surface area contributed by atoms with E-state index in [1.165, 1.54) is 0 Å². The van der Waals surface area contributed by atoms with Gasteiger partial charge in [-0.15, -0.1) is 25.1 Å². The molecule has 0 aliphatic carbocycles. The van der Waals surface area contributed by atoms with E-state index >= 15 is 0 Å². The summed E-state index contributed by atoms with van der Waals surface area (Å²) in [5.74, 6) is 5.29. The first-order valence-electron chi connectivity index (χ1n) is 3.99. The van der Waals surface area contributed by atoms with Crippen LogP contribution in [0.5, 0.6) is 0 Å². The molecule has 0 spiro atoms. The van der Waals surface area contributed by atoms with Gasteiger partial charge in [0.1, 0.15) is 0 Å². The monoisotopic (exact) mass is 182 g/mol. The Morgan fingerprint density at radius 1 is 1.23 bits per heavy atom. The van der Waals surface area contributed by atoms with Crippen LogP contribution in [0.3, 0.4) is 0 Å². The number of hydrogen-bond acceptors (Lipinski definition) is 0. The highest BCUT2D eigenvalue weighted by Gasteiger charge is 2.02. The largest absolute Gasteiger partial charge is 0.115 e. The Kier molecular flexibility index (Phi) is 3.14. The van der Waals surface area contributed by atoms with Crippen molar-refractivity contribution in [3.8, 4) is 24.7 Å². The van der Waals surface area contributed by atoms with Crippen LogP contribution in [0.25, 0.3) is 0 Å². The summed E-state index contributed by atoms with van der Waals surface area (Å²) in [6, 6.07) is 5.74. The van der Waals surface area contributed by atoms with E-state index in [9.17, 15) is 0 Å². The minimum absolute atomic E-state index is 0.502. The van der Waals surface area contributed by atoms with Crippen molar-refractivity contribution in [1.29, 1.82) is 0 Å². The van der Waals surface area contributed by atoms with Crippen LogP contribution in [0.1, 0.15) is 11.1 Å². The molecule has 0 atom stereocenters. The van der Waals surface area contributed by atoms with Gasteiger partial charge in [0, 0.05) is 11.1 Å². The number of terminal acetylenes is 2. The quantitative estimate of drug-likeness (QED) is 0.464. The third-order valence-electron chi connectivity index (χ3n) is 1.84. The van der Waals surface area contributed by atoms with E-state index in [1.54, 1.807) is 0 Å². The molecule has 0 aliphatic heterocycles. The van der Waals surface area contributed by atoms with E-state index in [0.29, 0.717) is 0 Å². The lowest BCUT2D eigenvalue weighted by atomic mass is 10.1. The Labute approximate surface area is 81.5 Å². The van der Waals surface area contributed by atoms with Gasteiger partial charge in [-0.2, -0.15) is 0 Å². The molecule has 0 radical (unpaired) electrons. The Balaban J connectivity index is 3.33. The van der Waals surface area contributed by atoms with E-state index in [0.717, 1.165) is 16.3 Å². The molecule has 0 saturated heterocycles. The van der Waals surface area contributed by atoms with Gasteiger partial charge in [0.05, 0.1) is 9.52 Å². The van der Waals surface area contributed by atoms with Gasteiger partial charge in [-0.1, -0.05) is 17.9 Å². The van der Waals surface area contributed by atoms with Gasteiger partial charge in [-0.05, 0) is 17.3 Å². The third-order valence-corrected chi connectivity index (χ3v) is 3.29. The fourth-order valence-electron chi connectivity index (χ4n) is 1.22. The summed E-state index contributed by atoms with van der Waals surface area (Å²) in [6.07, 6.45) is 10.7. The molecule has 0 amide bonds. The summed E-state index contributed by atoms with van der Waals surface area (Å²) < 4.78 is 0. The van der Waals surface area contributed by atoms with Crippen molar-refractivity contribution in [2.75, 3.05) is 0 Å². The molecule has 0 heterocycles. The zero-order valence-corrected chi connectivity index (χ0v) is 8.79. The number of benzene rings is 1. The van der Waals surface area contributed by atoms with Crippen molar-refractivity contribution >= 4 is 14.7 Å². The minimum atomic E-state index is -0.502. The molecule has 1 aromatic rings. The molecule has 0 aromatic heterocycles. The molecular weight excluding hydrogens is 172 g/mol. The fourth-order valence-corrected chi connectivity index (χ4v) is 2.39. The van der Waals surface area contributed by atoms with Gasteiger partial charge in [-0.25, -0.2) is 0 Å². The average molecular weight is 182 g/mol. The summed E-state index contributed by atoms with van der Waals surface area (Å²) in [4.78, 5) is 0. The fraction of sp³-hybridized carbons (Fsp3) is 0.